The number of carbonyl (C=O) groups is 1. The fourth-order valence-corrected chi connectivity index (χ4v) is 4.09. The molecular weight excluding hydrogens is 356 g/mol. The van der Waals surface area contributed by atoms with E-state index in [0.717, 1.165) is 45.6 Å². The number of hydrogen-bond donors (Lipinski definition) is 1. The van der Waals surface area contributed by atoms with Gasteiger partial charge in [0.1, 0.15) is 0 Å². The maximum Gasteiger partial charge on any atom is 0.228 e. The van der Waals surface area contributed by atoms with Crippen molar-refractivity contribution >= 4 is 45.8 Å². The first-order valence-electron chi connectivity index (χ1n) is 9.05. The summed E-state index contributed by atoms with van der Waals surface area (Å²) < 4.78 is 0. The zero-order chi connectivity index (χ0) is 18.6. The highest BCUT2D eigenvalue weighted by atomic mass is 32.1. The molecule has 3 aromatic rings. The summed E-state index contributed by atoms with van der Waals surface area (Å²) >= 11 is 1.59. The number of thiophene rings is 1. The number of nitrogens with zero attached hydrogens (tertiary/aromatic N) is 3. The average molecular weight is 376 g/mol. The van der Waals surface area contributed by atoms with E-state index in [0.29, 0.717) is 12.3 Å². The molecule has 1 N–H and O–H groups in total. The largest absolute Gasteiger partial charge is 0.324 e. The Morgan fingerprint density at radius 3 is 3.07 bits per heavy atom. The smallest absolute Gasteiger partial charge is 0.228 e. The van der Waals surface area contributed by atoms with Gasteiger partial charge in [-0.25, -0.2) is 0 Å². The molecule has 0 radical (unpaired) electrons. The van der Waals surface area contributed by atoms with Gasteiger partial charge in [0.25, 0.3) is 0 Å². The molecule has 2 aromatic heterocycles. The van der Waals surface area contributed by atoms with Crippen molar-refractivity contribution in [1.29, 1.82) is 0 Å². The normalized spacial score (nSPS) is 16.3. The second kappa shape index (κ2) is 7.80. The molecule has 0 saturated heterocycles. The van der Waals surface area contributed by atoms with Gasteiger partial charge in [0.05, 0.1) is 28.2 Å². The van der Waals surface area contributed by atoms with E-state index >= 15 is 0 Å². The van der Waals surface area contributed by atoms with Crippen molar-refractivity contribution in [2.75, 3.05) is 5.32 Å². The number of rotatable bonds is 5. The van der Waals surface area contributed by atoms with Gasteiger partial charge in [-0.15, -0.1) is 11.3 Å². The Morgan fingerprint density at radius 2 is 2.19 bits per heavy atom. The summed E-state index contributed by atoms with van der Waals surface area (Å²) in [6.45, 7) is 2.15. The van der Waals surface area contributed by atoms with E-state index in [1.54, 1.807) is 17.5 Å². The van der Waals surface area contributed by atoms with Gasteiger partial charge < -0.3 is 5.32 Å². The molecule has 1 aliphatic heterocycles. The van der Waals surface area contributed by atoms with Crippen LogP contribution in [0.15, 0.2) is 58.2 Å². The van der Waals surface area contributed by atoms with Crippen LogP contribution in [-0.4, -0.2) is 22.8 Å². The van der Waals surface area contributed by atoms with Gasteiger partial charge in [-0.3, -0.25) is 9.78 Å². The Balaban J connectivity index is 1.52. The molecule has 1 amide bonds. The molecule has 6 heteroatoms. The van der Waals surface area contributed by atoms with E-state index in [2.05, 4.69) is 27.4 Å². The first kappa shape index (κ1) is 17.5. The highest BCUT2D eigenvalue weighted by Gasteiger charge is 2.19. The predicted octanol–water partition coefficient (Wildman–Crippen LogP) is 4.68. The minimum absolute atomic E-state index is 0.0436. The minimum Gasteiger partial charge on any atom is -0.324 e. The predicted molar refractivity (Wildman–Crippen MR) is 112 cm³/mol. The third-order valence-corrected chi connectivity index (χ3v) is 5.69. The van der Waals surface area contributed by atoms with Crippen molar-refractivity contribution in [1.82, 2.24) is 4.98 Å². The van der Waals surface area contributed by atoms with Gasteiger partial charge >= 0.3 is 0 Å². The molecule has 1 aliphatic rings. The average Bonchev–Trinajstić information content (AvgIpc) is 3.16. The standard InChI is InChI=1S/C21H20N4OS/c1-2-14-11-19(25-23-13-14)21-18(8-10-27-21)24-20(26)12-15-5-3-7-17-16(15)6-4-9-22-17/h3-10,13-14H,2,11-12H2,1H3,(H,24,26). The van der Waals surface area contributed by atoms with Crippen LogP contribution in [-0.2, 0) is 11.2 Å². The first-order chi connectivity index (χ1) is 13.2. The first-order valence-corrected chi connectivity index (χ1v) is 9.93. The summed E-state index contributed by atoms with van der Waals surface area (Å²) in [5.41, 5.74) is 3.64. The zero-order valence-corrected chi connectivity index (χ0v) is 15.9. The lowest BCUT2D eigenvalue weighted by Gasteiger charge is -2.15. The summed E-state index contributed by atoms with van der Waals surface area (Å²) in [6.07, 6.45) is 5.87. The Kier molecular flexibility index (Phi) is 5.07. The van der Waals surface area contributed by atoms with Crippen LogP contribution >= 0.6 is 11.3 Å². The monoisotopic (exact) mass is 376 g/mol. The Bertz CT molecular complexity index is 1030. The van der Waals surface area contributed by atoms with Crippen LogP contribution in [0.1, 0.15) is 30.2 Å². The van der Waals surface area contributed by atoms with Crippen molar-refractivity contribution in [3.05, 3.63) is 58.4 Å². The molecule has 27 heavy (non-hydrogen) atoms. The third-order valence-electron chi connectivity index (χ3n) is 4.72. The van der Waals surface area contributed by atoms with Crippen molar-refractivity contribution in [3.8, 4) is 0 Å². The van der Waals surface area contributed by atoms with Crippen molar-refractivity contribution in [3.63, 3.8) is 0 Å². The minimum atomic E-state index is -0.0436. The number of nitrogens with one attached hydrogen (secondary N) is 1. The van der Waals surface area contributed by atoms with E-state index in [9.17, 15) is 4.79 Å². The lowest BCUT2D eigenvalue weighted by atomic mass is 9.98. The third kappa shape index (κ3) is 3.80. The summed E-state index contributed by atoms with van der Waals surface area (Å²) in [5.74, 6) is 0.365. The van der Waals surface area contributed by atoms with Gasteiger partial charge in [-0.1, -0.05) is 25.1 Å². The lowest BCUT2D eigenvalue weighted by Crippen LogP contribution is -2.18. The number of hydrogen-bond acceptors (Lipinski definition) is 5. The lowest BCUT2D eigenvalue weighted by molar-refractivity contribution is -0.115. The molecule has 0 bridgehead atoms. The van der Waals surface area contributed by atoms with Crippen LogP contribution in [0, 0.1) is 5.92 Å². The second-order valence-electron chi connectivity index (χ2n) is 6.56. The molecule has 3 heterocycles. The number of carbonyl (C=O) groups excluding carboxylic acids is 1. The molecule has 0 saturated carbocycles. The van der Waals surface area contributed by atoms with Crippen molar-refractivity contribution < 1.29 is 4.79 Å². The second-order valence-corrected chi connectivity index (χ2v) is 7.48. The van der Waals surface area contributed by atoms with Crippen LogP contribution < -0.4 is 5.32 Å². The number of fused-ring (bicyclic) bond motifs is 1. The molecule has 0 spiro atoms. The highest BCUT2D eigenvalue weighted by Crippen LogP contribution is 2.28. The highest BCUT2D eigenvalue weighted by molar-refractivity contribution is 7.12. The number of aromatic nitrogens is 1. The molecule has 1 aromatic carbocycles. The number of amides is 1. The topological polar surface area (TPSA) is 66.7 Å². The van der Waals surface area contributed by atoms with Crippen LogP contribution in [0.5, 0.6) is 0 Å². The molecule has 0 fully saturated rings. The van der Waals surface area contributed by atoms with Crippen LogP contribution in [0.2, 0.25) is 0 Å². The fourth-order valence-electron chi connectivity index (χ4n) is 3.25. The fraction of sp³-hybridized carbons (Fsp3) is 0.238. The van der Waals surface area contributed by atoms with E-state index < -0.39 is 0 Å². The van der Waals surface area contributed by atoms with Crippen LogP contribution in [0.25, 0.3) is 10.9 Å². The molecule has 0 aliphatic carbocycles. The Morgan fingerprint density at radius 1 is 1.26 bits per heavy atom. The van der Waals surface area contributed by atoms with Gasteiger partial charge in [0.2, 0.25) is 5.91 Å². The van der Waals surface area contributed by atoms with Gasteiger partial charge in [-0.05, 0) is 35.6 Å². The summed E-state index contributed by atoms with van der Waals surface area (Å²) in [6, 6.07) is 11.7. The summed E-state index contributed by atoms with van der Waals surface area (Å²) in [4.78, 5) is 18.0. The van der Waals surface area contributed by atoms with E-state index in [1.807, 2.05) is 48.0 Å². The maximum atomic E-state index is 12.7. The molecule has 1 unspecified atom stereocenters. The quantitative estimate of drug-likeness (QED) is 0.702. The molecule has 136 valence electrons. The molecular formula is C21H20N4OS. The van der Waals surface area contributed by atoms with E-state index in [1.165, 1.54) is 0 Å². The molecule has 1 atom stereocenters. The van der Waals surface area contributed by atoms with Crippen molar-refractivity contribution in [2.24, 2.45) is 16.1 Å². The molecule has 5 nitrogen and oxygen atoms in total. The van der Waals surface area contributed by atoms with Crippen LogP contribution in [0.3, 0.4) is 0 Å². The summed E-state index contributed by atoms with van der Waals surface area (Å²) in [5, 5.41) is 14.5. The number of pyridine rings is 1. The van der Waals surface area contributed by atoms with E-state index in [4.69, 9.17) is 0 Å². The number of anilines is 1. The van der Waals surface area contributed by atoms with Crippen molar-refractivity contribution in [2.45, 2.75) is 26.2 Å². The van der Waals surface area contributed by atoms with Gasteiger partial charge in [0, 0.05) is 30.1 Å². The Hall–Kier alpha value is -2.86. The maximum absolute atomic E-state index is 12.7. The van der Waals surface area contributed by atoms with Gasteiger partial charge in [-0.2, -0.15) is 10.2 Å². The number of benzene rings is 1. The van der Waals surface area contributed by atoms with E-state index in [-0.39, 0.29) is 5.91 Å². The Labute approximate surface area is 161 Å². The molecule has 4 rings (SSSR count). The van der Waals surface area contributed by atoms with Gasteiger partial charge in [0.15, 0.2) is 0 Å². The summed E-state index contributed by atoms with van der Waals surface area (Å²) in [7, 11) is 0. The van der Waals surface area contributed by atoms with Crippen LogP contribution in [0.4, 0.5) is 5.69 Å². The SMILES string of the molecule is CCC1C=NN=C(c2sccc2NC(=O)Cc2cccc3ncccc23)C1. The zero-order valence-electron chi connectivity index (χ0n) is 15.1.